The molecule has 0 N–H and O–H groups in total. The monoisotopic (exact) mass is 471 g/mol. The first-order valence-corrected chi connectivity index (χ1v) is 10.9. The van der Waals surface area contributed by atoms with Gasteiger partial charge in [-0.1, -0.05) is 29.8 Å². The molecule has 2 aromatic heterocycles. The van der Waals surface area contributed by atoms with Gasteiger partial charge in [-0.05, 0) is 37.4 Å². The van der Waals surface area contributed by atoms with Crippen molar-refractivity contribution >= 4 is 28.2 Å². The van der Waals surface area contributed by atoms with Crippen LogP contribution in [-0.2, 0) is 6.18 Å². The molecule has 5 rings (SSSR count). The van der Waals surface area contributed by atoms with E-state index < -0.39 is 11.7 Å². The molecule has 1 aliphatic heterocycles. The number of aromatic nitrogens is 3. The molecular weight excluding hydrogens is 451 g/mol. The Hall–Kier alpha value is -3.10. The van der Waals surface area contributed by atoms with Crippen LogP contribution in [0.15, 0.2) is 60.9 Å². The van der Waals surface area contributed by atoms with Crippen LogP contribution >= 0.6 is 11.6 Å². The fourth-order valence-corrected chi connectivity index (χ4v) is 4.46. The molecule has 33 heavy (non-hydrogen) atoms. The molecule has 0 bridgehead atoms. The van der Waals surface area contributed by atoms with Crippen LogP contribution in [-0.4, -0.2) is 52.9 Å². The summed E-state index contributed by atoms with van der Waals surface area (Å²) in [7, 11) is 2.11. The number of piperazine rings is 1. The molecule has 4 aromatic rings. The van der Waals surface area contributed by atoms with Gasteiger partial charge in [0, 0.05) is 49.0 Å². The third-order valence-electron chi connectivity index (χ3n) is 6.00. The van der Waals surface area contributed by atoms with Crippen LogP contribution in [0.1, 0.15) is 5.56 Å². The second-order valence-corrected chi connectivity index (χ2v) is 8.53. The predicted octanol–water partition coefficient (Wildman–Crippen LogP) is 5.51. The van der Waals surface area contributed by atoms with E-state index >= 15 is 0 Å². The van der Waals surface area contributed by atoms with Gasteiger partial charge in [-0.3, -0.25) is 4.98 Å². The van der Waals surface area contributed by atoms with Crippen molar-refractivity contribution in [3.63, 3.8) is 0 Å². The highest BCUT2D eigenvalue weighted by molar-refractivity contribution is 6.32. The Morgan fingerprint density at radius 2 is 1.67 bits per heavy atom. The Morgan fingerprint density at radius 1 is 0.939 bits per heavy atom. The Bertz CT molecular complexity index is 1290. The second kappa shape index (κ2) is 8.35. The molecule has 0 spiro atoms. The number of halogens is 4. The van der Waals surface area contributed by atoms with Gasteiger partial charge in [-0.25, -0.2) is 4.68 Å². The molecule has 5 nitrogen and oxygen atoms in total. The normalized spacial score (nSPS) is 15.4. The van der Waals surface area contributed by atoms with Crippen molar-refractivity contribution in [3.8, 4) is 16.9 Å². The molecule has 0 amide bonds. The number of fused-ring (bicyclic) bond motifs is 1. The highest BCUT2D eigenvalue weighted by atomic mass is 35.5. The van der Waals surface area contributed by atoms with Crippen molar-refractivity contribution in [3.05, 3.63) is 71.5 Å². The van der Waals surface area contributed by atoms with Gasteiger partial charge in [0.05, 0.1) is 28.0 Å². The number of anilines is 1. The Kier molecular flexibility index (Phi) is 5.50. The summed E-state index contributed by atoms with van der Waals surface area (Å²) in [4.78, 5) is 8.73. The van der Waals surface area contributed by atoms with E-state index in [0.717, 1.165) is 43.5 Å². The molecule has 2 aromatic carbocycles. The minimum Gasteiger partial charge on any atom is -0.369 e. The molecule has 9 heteroatoms. The number of alkyl halides is 3. The lowest BCUT2D eigenvalue weighted by molar-refractivity contribution is -0.137. The molecule has 1 saturated heterocycles. The summed E-state index contributed by atoms with van der Waals surface area (Å²) < 4.78 is 42.5. The zero-order valence-electron chi connectivity index (χ0n) is 17.8. The van der Waals surface area contributed by atoms with Gasteiger partial charge < -0.3 is 9.80 Å². The van der Waals surface area contributed by atoms with Gasteiger partial charge in [0.2, 0.25) is 0 Å². The third-order valence-corrected chi connectivity index (χ3v) is 6.30. The van der Waals surface area contributed by atoms with Crippen LogP contribution in [0, 0.1) is 0 Å². The standard InChI is InChI=1S/C24H21ClF3N5/c1-31-11-13-32(14-12-31)17-7-5-16(6-8-17)22-18-9-10-29-15-21(18)33(30-22)23-19(24(26,27)28)3-2-4-20(23)25/h2-10,15H,11-14H2,1H3. The number of para-hydroxylation sites is 1. The average molecular weight is 472 g/mol. The number of pyridine rings is 1. The fraction of sp³-hybridized carbons (Fsp3) is 0.250. The molecule has 170 valence electrons. The fourth-order valence-electron chi connectivity index (χ4n) is 4.20. The summed E-state index contributed by atoms with van der Waals surface area (Å²) in [6, 6.07) is 13.5. The van der Waals surface area contributed by atoms with E-state index in [1.165, 1.54) is 23.0 Å². The lowest BCUT2D eigenvalue weighted by Gasteiger charge is -2.34. The summed E-state index contributed by atoms with van der Waals surface area (Å²) in [5, 5.41) is 5.26. The van der Waals surface area contributed by atoms with E-state index in [9.17, 15) is 13.2 Å². The summed E-state index contributed by atoms with van der Waals surface area (Å²) >= 11 is 6.25. The first kappa shape index (κ1) is 21.7. The zero-order chi connectivity index (χ0) is 23.2. The van der Waals surface area contributed by atoms with Crippen molar-refractivity contribution in [2.24, 2.45) is 0 Å². The first-order chi connectivity index (χ1) is 15.8. The molecule has 0 radical (unpaired) electrons. The maximum absolute atomic E-state index is 13.8. The molecular formula is C24H21ClF3N5. The van der Waals surface area contributed by atoms with E-state index in [4.69, 9.17) is 11.6 Å². The molecule has 3 heterocycles. The van der Waals surface area contributed by atoms with Crippen LogP contribution in [0.25, 0.3) is 27.8 Å². The second-order valence-electron chi connectivity index (χ2n) is 8.12. The molecule has 0 atom stereocenters. The summed E-state index contributed by atoms with van der Waals surface area (Å²) in [6.07, 6.45) is -1.47. The summed E-state index contributed by atoms with van der Waals surface area (Å²) in [6.45, 7) is 3.91. The zero-order valence-corrected chi connectivity index (χ0v) is 18.6. The molecule has 0 saturated carbocycles. The summed E-state index contributed by atoms with van der Waals surface area (Å²) in [5.41, 5.74) is 1.90. The van der Waals surface area contributed by atoms with E-state index in [1.54, 1.807) is 12.3 Å². The Labute approximate surface area is 194 Å². The molecule has 1 aliphatic rings. The first-order valence-electron chi connectivity index (χ1n) is 10.6. The van der Waals surface area contributed by atoms with Crippen molar-refractivity contribution in [2.45, 2.75) is 6.18 Å². The Balaban J connectivity index is 1.60. The highest BCUT2D eigenvalue weighted by Gasteiger charge is 2.36. The van der Waals surface area contributed by atoms with Gasteiger partial charge in [0.15, 0.2) is 0 Å². The SMILES string of the molecule is CN1CCN(c2ccc(-c3nn(-c4c(Cl)cccc4C(F)(F)F)c4cnccc34)cc2)CC1. The van der Waals surface area contributed by atoms with Crippen molar-refractivity contribution in [1.29, 1.82) is 0 Å². The van der Waals surface area contributed by atoms with Crippen molar-refractivity contribution in [2.75, 3.05) is 38.1 Å². The van der Waals surface area contributed by atoms with Crippen LogP contribution in [0.5, 0.6) is 0 Å². The van der Waals surface area contributed by atoms with Gasteiger partial charge in [0.25, 0.3) is 0 Å². The van der Waals surface area contributed by atoms with Crippen LogP contribution < -0.4 is 4.90 Å². The Morgan fingerprint density at radius 3 is 2.36 bits per heavy atom. The van der Waals surface area contributed by atoms with E-state index in [0.29, 0.717) is 16.6 Å². The van der Waals surface area contributed by atoms with Crippen molar-refractivity contribution < 1.29 is 13.2 Å². The predicted molar refractivity (Wildman–Crippen MR) is 124 cm³/mol. The smallest absolute Gasteiger partial charge is 0.369 e. The number of rotatable bonds is 3. The molecule has 0 aliphatic carbocycles. The third kappa shape index (κ3) is 4.05. The maximum atomic E-state index is 13.8. The van der Waals surface area contributed by atoms with Crippen molar-refractivity contribution in [1.82, 2.24) is 19.7 Å². The van der Waals surface area contributed by atoms with Gasteiger partial charge in [-0.2, -0.15) is 18.3 Å². The number of likely N-dealkylation sites (N-methyl/N-ethyl adjacent to an activating group) is 1. The van der Waals surface area contributed by atoms with Crippen LogP contribution in [0.4, 0.5) is 18.9 Å². The van der Waals surface area contributed by atoms with E-state index in [2.05, 4.69) is 26.9 Å². The minimum atomic E-state index is -4.58. The molecule has 0 unspecified atom stereocenters. The largest absolute Gasteiger partial charge is 0.418 e. The lowest BCUT2D eigenvalue weighted by Crippen LogP contribution is -2.44. The van der Waals surface area contributed by atoms with Crippen LogP contribution in [0.3, 0.4) is 0 Å². The van der Waals surface area contributed by atoms with Gasteiger partial charge in [-0.15, -0.1) is 0 Å². The highest BCUT2D eigenvalue weighted by Crippen LogP contribution is 2.39. The maximum Gasteiger partial charge on any atom is 0.418 e. The quantitative estimate of drug-likeness (QED) is 0.395. The van der Waals surface area contributed by atoms with E-state index in [1.807, 2.05) is 24.3 Å². The van der Waals surface area contributed by atoms with E-state index in [-0.39, 0.29) is 10.7 Å². The average Bonchev–Trinajstić information content (AvgIpc) is 3.18. The number of benzene rings is 2. The molecule has 1 fully saturated rings. The summed E-state index contributed by atoms with van der Waals surface area (Å²) in [5.74, 6) is 0. The topological polar surface area (TPSA) is 37.2 Å². The number of hydrogen-bond donors (Lipinski definition) is 0. The number of nitrogens with zero attached hydrogens (tertiary/aromatic N) is 5. The number of hydrogen-bond acceptors (Lipinski definition) is 4. The lowest BCUT2D eigenvalue weighted by atomic mass is 10.1. The minimum absolute atomic E-state index is 0.0324. The van der Waals surface area contributed by atoms with Crippen LogP contribution in [0.2, 0.25) is 5.02 Å². The van der Waals surface area contributed by atoms with Gasteiger partial charge in [0.1, 0.15) is 5.69 Å². The van der Waals surface area contributed by atoms with Gasteiger partial charge >= 0.3 is 6.18 Å².